The molecule has 0 radical (unpaired) electrons. The summed E-state index contributed by atoms with van der Waals surface area (Å²) in [4.78, 5) is 29.5. The summed E-state index contributed by atoms with van der Waals surface area (Å²) in [5, 5.41) is 16.3. The number of nitrogens with one attached hydrogen (secondary N) is 2. The Morgan fingerprint density at radius 1 is 0.904 bits per heavy atom. The van der Waals surface area contributed by atoms with Gasteiger partial charge in [-0.05, 0) is 52.8 Å². The van der Waals surface area contributed by atoms with Gasteiger partial charge in [0, 0.05) is 56.6 Å². The van der Waals surface area contributed by atoms with E-state index >= 15 is 0 Å². The molecule has 11 heteroatoms. The minimum Gasteiger partial charge on any atom is -0.397 e. The summed E-state index contributed by atoms with van der Waals surface area (Å²) < 4.78 is 15.1. The molecule has 0 aliphatic carbocycles. The molecule has 1 aromatic heterocycles. The third kappa shape index (κ3) is 9.89. The normalized spacial score (nSPS) is 17.1. The number of nitrogens with zero attached hydrogens (tertiary/aromatic N) is 2. The van der Waals surface area contributed by atoms with Crippen molar-refractivity contribution < 1.29 is 24.2 Å². The van der Waals surface area contributed by atoms with Gasteiger partial charge in [0.25, 0.3) is 0 Å². The van der Waals surface area contributed by atoms with Gasteiger partial charge in [-0.25, -0.2) is 4.98 Å². The first kappa shape index (κ1) is 36.8. The van der Waals surface area contributed by atoms with E-state index < -0.39 is 6.29 Å². The number of para-hydroxylation sites is 2. The Bertz CT molecular complexity index is 1930. The fourth-order valence-electron chi connectivity index (χ4n) is 6.13. The molecule has 1 aliphatic heterocycles. The highest BCUT2D eigenvalue weighted by atomic mass is 32.2. The Balaban J connectivity index is 1.05. The number of rotatable bonds is 15. The summed E-state index contributed by atoms with van der Waals surface area (Å²) in [6, 6.07) is 31.3. The van der Waals surface area contributed by atoms with Crippen LogP contribution in [0.15, 0.2) is 115 Å². The number of aliphatic hydroxyl groups is 1. The molecule has 270 valence electrons. The number of imidazole rings is 1. The number of unbranched alkanes of at least 4 members (excludes halogenated alkanes) is 1. The molecule has 52 heavy (non-hydrogen) atoms. The van der Waals surface area contributed by atoms with Crippen LogP contribution in [0.2, 0.25) is 0 Å². The van der Waals surface area contributed by atoms with E-state index in [1.54, 1.807) is 30.1 Å². The van der Waals surface area contributed by atoms with Gasteiger partial charge >= 0.3 is 0 Å². The number of nitrogen functional groups attached to an aromatic ring is 1. The van der Waals surface area contributed by atoms with E-state index in [1.165, 1.54) is 0 Å². The van der Waals surface area contributed by atoms with E-state index in [1.807, 2.05) is 84.5 Å². The van der Waals surface area contributed by atoms with Crippen LogP contribution in [-0.4, -0.2) is 38.3 Å². The van der Waals surface area contributed by atoms with Crippen LogP contribution in [0.3, 0.4) is 0 Å². The number of aliphatic hydroxyl groups excluding tert-OH is 1. The number of aromatic nitrogens is 2. The Kier molecular flexibility index (Phi) is 12.8. The average Bonchev–Trinajstić information content (AvgIpc) is 3.60. The number of carbonyl (C=O) groups is 2. The van der Waals surface area contributed by atoms with Crippen molar-refractivity contribution in [3.05, 3.63) is 132 Å². The predicted octanol–water partition coefficient (Wildman–Crippen LogP) is 7.31. The van der Waals surface area contributed by atoms with Gasteiger partial charge in [0.15, 0.2) is 11.4 Å². The summed E-state index contributed by atoms with van der Waals surface area (Å²) in [5.41, 5.74) is 12.9. The summed E-state index contributed by atoms with van der Waals surface area (Å²) >= 11 is 1.66. The standard InChI is InChI=1S/C41H45N5O5S/c1-46-23-22-43-41(46)52-27-33-24-37(30-16-14-28(26-47)15-17-30)51-40(50-33)31-20-18-29(19-21-31)34-9-3-2-8-32(34)25-44-38(48)12-6-7-13-39(49)45-36-11-5-4-10-35(36)42/h2-5,8-11,14-23,33,37,40,47H,6-7,12-13,24-27,42H2,1H3,(H,44,48)(H,45,49). The molecular weight excluding hydrogens is 675 g/mol. The minimum atomic E-state index is -0.561. The maximum absolute atomic E-state index is 12.7. The molecule has 3 unspecified atom stereocenters. The van der Waals surface area contributed by atoms with Crippen molar-refractivity contribution in [1.82, 2.24) is 14.9 Å². The second kappa shape index (κ2) is 18.0. The van der Waals surface area contributed by atoms with Crippen molar-refractivity contribution in [3.8, 4) is 11.1 Å². The Hall–Kier alpha value is -4.94. The molecule has 5 N–H and O–H groups in total. The number of nitrogens with two attached hydrogens (primary N) is 1. The van der Waals surface area contributed by atoms with Crippen molar-refractivity contribution in [2.75, 3.05) is 16.8 Å². The Morgan fingerprint density at radius 2 is 1.62 bits per heavy atom. The highest BCUT2D eigenvalue weighted by molar-refractivity contribution is 7.99. The van der Waals surface area contributed by atoms with Crippen molar-refractivity contribution >= 4 is 35.0 Å². The average molecular weight is 720 g/mol. The van der Waals surface area contributed by atoms with E-state index in [0.717, 1.165) is 44.3 Å². The lowest BCUT2D eigenvalue weighted by Crippen LogP contribution is -2.31. The number of aryl methyl sites for hydroxylation is 1. The lowest BCUT2D eigenvalue weighted by Gasteiger charge is -2.36. The van der Waals surface area contributed by atoms with E-state index in [0.29, 0.717) is 50.0 Å². The van der Waals surface area contributed by atoms with Crippen LogP contribution in [0.5, 0.6) is 0 Å². The molecule has 0 saturated carbocycles. The lowest BCUT2D eigenvalue weighted by atomic mass is 9.97. The first-order valence-corrected chi connectivity index (χ1v) is 18.5. The molecule has 1 aliphatic rings. The number of hydrogen-bond acceptors (Lipinski definition) is 8. The summed E-state index contributed by atoms with van der Waals surface area (Å²) in [6.45, 7) is 0.391. The molecule has 5 aromatic rings. The van der Waals surface area contributed by atoms with Gasteiger partial charge in [-0.15, -0.1) is 0 Å². The van der Waals surface area contributed by atoms with Gasteiger partial charge in [0.05, 0.1) is 30.2 Å². The van der Waals surface area contributed by atoms with E-state index in [4.69, 9.17) is 15.2 Å². The lowest BCUT2D eigenvalue weighted by molar-refractivity contribution is -0.245. The van der Waals surface area contributed by atoms with Crippen LogP contribution >= 0.6 is 11.8 Å². The van der Waals surface area contributed by atoms with Gasteiger partial charge < -0.3 is 35.5 Å². The van der Waals surface area contributed by atoms with Gasteiger partial charge in [0.1, 0.15) is 0 Å². The summed E-state index contributed by atoms with van der Waals surface area (Å²) in [7, 11) is 1.98. The van der Waals surface area contributed by atoms with Crippen LogP contribution in [0.1, 0.15) is 66.8 Å². The van der Waals surface area contributed by atoms with E-state index in [-0.39, 0.29) is 30.6 Å². The summed E-state index contributed by atoms with van der Waals surface area (Å²) in [6.07, 6.45) is 5.49. The Labute approximate surface area is 308 Å². The van der Waals surface area contributed by atoms with Crippen LogP contribution in [-0.2, 0) is 39.3 Å². The van der Waals surface area contributed by atoms with Crippen molar-refractivity contribution in [2.24, 2.45) is 7.05 Å². The molecule has 10 nitrogen and oxygen atoms in total. The van der Waals surface area contributed by atoms with Gasteiger partial charge in [0.2, 0.25) is 11.8 Å². The third-order valence-electron chi connectivity index (χ3n) is 9.07. The zero-order valence-corrected chi connectivity index (χ0v) is 30.1. The summed E-state index contributed by atoms with van der Waals surface area (Å²) in [5.74, 6) is 0.555. The number of anilines is 2. The monoisotopic (exact) mass is 719 g/mol. The maximum Gasteiger partial charge on any atom is 0.224 e. The maximum atomic E-state index is 12.7. The largest absolute Gasteiger partial charge is 0.397 e. The first-order chi connectivity index (χ1) is 25.4. The smallest absolute Gasteiger partial charge is 0.224 e. The molecule has 2 heterocycles. The number of hydrogen-bond donors (Lipinski definition) is 4. The second-order valence-electron chi connectivity index (χ2n) is 12.9. The fourth-order valence-corrected chi connectivity index (χ4v) is 7.08. The van der Waals surface area contributed by atoms with Crippen molar-refractivity contribution in [3.63, 3.8) is 0 Å². The Morgan fingerprint density at radius 3 is 2.35 bits per heavy atom. The quantitative estimate of drug-likeness (QED) is 0.0502. The van der Waals surface area contributed by atoms with Crippen LogP contribution < -0.4 is 16.4 Å². The topological polar surface area (TPSA) is 141 Å². The number of thioether (sulfide) groups is 1. The first-order valence-electron chi connectivity index (χ1n) is 17.6. The van der Waals surface area contributed by atoms with Crippen LogP contribution in [0, 0.1) is 0 Å². The molecular formula is C41H45N5O5S. The number of ether oxygens (including phenoxy) is 2. The van der Waals surface area contributed by atoms with Gasteiger partial charge in [-0.3, -0.25) is 9.59 Å². The van der Waals surface area contributed by atoms with Crippen LogP contribution in [0.25, 0.3) is 11.1 Å². The van der Waals surface area contributed by atoms with Gasteiger partial charge in [-0.2, -0.15) is 0 Å². The predicted molar refractivity (Wildman–Crippen MR) is 204 cm³/mol. The highest BCUT2D eigenvalue weighted by Gasteiger charge is 2.32. The minimum absolute atomic E-state index is 0.00366. The SMILES string of the molecule is Cn1ccnc1SCC1CC(c2ccc(CO)cc2)OC(c2ccc(-c3ccccc3CNC(=O)CCCCC(=O)Nc3ccccc3N)cc2)O1. The highest BCUT2D eigenvalue weighted by Crippen LogP contribution is 2.40. The molecule has 0 spiro atoms. The van der Waals surface area contributed by atoms with Crippen LogP contribution in [0.4, 0.5) is 11.4 Å². The molecule has 0 bridgehead atoms. The number of benzene rings is 4. The fraction of sp³-hybridized carbons (Fsp3) is 0.293. The molecule has 2 amide bonds. The zero-order chi connectivity index (χ0) is 36.3. The van der Waals surface area contributed by atoms with Crippen molar-refractivity contribution in [2.45, 2.75) is 68.9 Å². The van der Waals surface area contributed by atoms with Gasteiger partial charge in [-0.1, -0.05) is 96.7 Å². The molecule has 4 aromatic carbocycles. The number of carbonyl (C=O) groups excluding carboxylic acids is 2. The molecule has 1 saturated heterocycles. The molecule has 1 fully saturated rings. The molecule has 6 rings (SSSR count). The van der Waals surface area contributed by atoms with Crippen molar-refractivity contribution in [1.29, 1.82) is 0 Å². The zero-order valence-electron chi connectivity index (χ0n) is 29.2. The third-order valence-corrected chi connectivity index (χ3v) is 10.3. The number of amides is 2. The van der Waals surface area contributed by atoms with E-state index in [9.17, 15) is 14.7 Å². The second-order valence-corrected chi connectivity index (χ2v) is 13.9. The van der Waals surface area contributed by atoms with E-state index in [2.05, 4.69) is 33.8 Å². The molecule has 3 atom stereocenters.